The van der Waals surface area contributed by atoms with Crippen molar-refractivity contribution in [2.24, 2.45) is 0 Å². The smallest absolute Gasteiger partial charge is 0.343 e. The maximum atomic E-state index is 12.7. The summed E-state index contributed by atoms with van der Waals surface area (Å²) in [7, 11) is 1.33. The van der Waals surface area contributed by atoms with E-state index in [1.807, 2.05) is 53.9 Å². The third-order valence-corrected chi connectivity index (χ3v) is 7.57. The number of esters is 1. The van der Waals surface area contributed by atoms with Crippen molar-refractivity contribution in [2.45, 2.75) is 52.2 Å². The summed E-state index contributed by atoms with van der Waals surface area (Å²) in [6, 6.07) is 23.7. The van der Waals surface area contributed by atoms with Crippen LogP contribution in [-0.2, 0) is 35.6 Å². The van der Waals surface area contributed by atoms with Gasteiger partial charge in [-0.05, 0) is 53.8 Å². The van der Waals surface area contributed by atoms with Crippen LogP contribution in [0, 0.1) is 0 Å². The van der Waals surface area contributed by atoms with Gasteiger partial charge in [0.2, 0.25) is 0 Å². The molecule has 0 radical (unpaired) electrons. The van der Waals surface area contributed by atoms with Gasteiger partial charge in [0.1, 0.15) is 10.8 Å². The monoisotopic (exact) mass is 571 g/mol. The van der Waals surface area contributed by atoms with E-state index < -0.39 is 5.97 Å². The fourth-order valence-corrected chi connectivity index (χ4v) is 5.04. The van der Waals surface area contributed by atoms with E-state index in [0.717, 1.165) is 33.8 Å². The third kappa shape index (κ3) is 9.55. The Labute approximate surface area is 245 Å². The molecule has 3 aromatic carbocycles. The Balaban J connectivity index is 1.21. The van der Waals surface area contributed by atoms with Gasteiger partial charge in [-0.25, -0.2) is 9.78 Å². The van der Waals surface area contributed by atoms with Crippen molar-refractivity contribution in [3.8, 4) is 16.3 Å². The van der Waals surface area contributed by atoms with Crippen molar-refractivity contribution < 1.29 is 19.1 Å². The SMILES string of the molecule is CCCCCc1ccc(CNC(=O)c2ccc(-c3nc(CNCc4ccc(OCC(=O)OC)cc4)cs3)cc2)cc1. The second kappa shape index (κ2) is 15.7. The molecule has 1 amide bonds. The van der Waals surface area contributed by atoms with Gasteiger partial charge in [0, 0.05) is 36.1 Å². The lowest BCUT2D eigenvalue weighted by atomic mass is 10.1. The lowest BCUT2D eigenvalue weighted by Gasteiger charge is -2.07. The molecule has 1 aromatic heterocycles. The van der Waals surface area contributed by atoms with E-state index in [0.29, 0.717) is 30.9 Å². The number of benzene rings is 3. The number of unbranched alkanes of at least 4 members (excludes halogenated alkanes) is 2. The molecule has 0 unspecified atom stereocenters. The van der Waals surface area contributed by atoms with E-state index in [4.69, 9.17) is 9.72 Å². The summed E-state index contributed by atoms with van der Waals surface area (Å²) < 4.78 is 9.95. The second-order valence-electron chi connectivity index (χ2n) is 9.79. The number of nitrogens with one attached hydrogen (secondary N) is 2. The number of nitrogens with zero attached hydrogens (tertiary/aromatic N) is 1. The zero-order valence-corrected chi connectivity index (χ0v) is 24.5. The highest BCUT2D eigenvalue weighted by atomic mass is 32.1. The molecular weight excluding hydrogens is 534 g/mol. The second-order valence-corrected chi connectivity index (χ2v) is 10.6. The van der Waals surface area contributed by atoms with E-state index in [9.17, 15) is 9.59 Å². The van der Waals surface area contributed by atoms with Crippen LogP contribution < -0.4 is 15.4 Å². The Bertz CT molecular complexity index is 1380. The maximum Gasteiger partial charge on any atom is 0.343 e. The van der Waals surface area contributed by atoms with Crippen molar-refractivity contribution in [1.29, 1.82) is 0 Å². The molecule has 214 valence electrons. The van der Waals surface area contributed by atoms with Gasteiger partial charge < -0.3 is 20.1 Å². The lowest BCUT2D eigenvalue weighted by Crippen LogP contribution is -2.22. The molecule has 8 heteroatoms. The summed E-state index contributed by atoms with van der Waals surface area (Å²) in [6.07, 6.45) is 4.81. The molecule has 0 saturated carbocycles. The van der Waals surface area contributed by atoms with Crippen LogP contribution in [0.15, 0.2) is 78.2 Å². The summed E-state index contributed by atoms with van der Waals surface area (Å²) in [5.74, 6) is 0.120. The number of ether oxygens (including phenoxy) is 2. The number of hydrogen-bond donors (Lipinski definition) is 2. The summed E-state index contributed by atoms with van der Waals surface area (Å²) in [5.41, 5.74) is 6.12. The Morgan fingerprint density at radius 3 is 2.22 bits per heavy atom. The fourth-order valence-electron chi connectivity index (χ4n) is 4.21. The molecule has 1 heterocycles. The van der Waals surface area contributed by atoms with E-state index >= 15 is 0 Å². The molecule has 41 heavy (non-hydrogen) atoms. The first-order valence-electron chi connectivity index (χ1n) is 13.9. The van der Waals surface area contributed by atoms with Crippen LogP contribution in [0.1, 0.15) is 58.9 Å². The van der Waals surface area contributed by atoms with Crippen molar-refractivity contribution in [3.05, 3.63) is 106 Å². The first kappa shape index (κ1) is 30.0. The predicted octanol–water partition coefficient (Wildman–Crippen LogP) is 6.31. The van der Waals surface area contributed by atoms with E-state index in [2.05, 4.69) is 46.6 Å². The van der Waals surface area contributed by atoms with Gasteiger partial charge in [-0.3, -0.25) is 4.79 Å². The molecule has 0 saturated heterocycles. The number of thiazole rings is 1. The van der Waals surface area contributed by atoms with E-state index in [1.165, 1.54) is 31.9 Å². The standard InChI is InChI=1S/C33H37N3O4S/c1-3-4-5-6-24-7-9-26(10-8-24)20-35-32(38)27-13-15-28(16-14-27)33-36-29(23-41-33)21-34-19-25-11-17-30(18-12-25)40-22-31(37)39-2/h7-18,23,34H,3-6,19-22H2,1-2H3,(H,35,38). The van der Waals surface area contributed by atoms with Crippen LogP contribution in [0.5, 0.6) is 5.75 Å². The molecule has 2 N–H and O–H groups in total. The summed E-state index contributed by atoms with van der Waals surface area (Å²) in [5, 5.41) is 9.38. The molecule has 0 aliphatic carbocycles. The number of hydrogen-bond acceptors (Lipinski definition) is 7. The first-order valence-corrected chi connectivity index (χ1v) is 14.8. The molecule has 0 aliphatic heterocycles. The van der Waals surface area contributed by atoms with Crippen LogP contribution in [0.25, 0.3) is 10.6 Å². The highest BCUT2D eigenvalue weighted by Gasteiger charge is 2.09. The molecule has 4 aromatic rings. The van der Waals surface area contributed by atoms with Crippen molar-refractivity contribution in [3.63, 3.8) is 0 Å². The first-order chi connectivity index (χ1) is 20.0. The molecular formula is C33H37N3O4S. The van der Waals surface area contributed by atoms with Gasteiger partial charge in [0.15, 0.2) is 6.61 Å². The van der Waals surface area contributed by atoms with E-state index in [1.54, 1.807) is 11.3 Å². The Morgan fingerprint density at radius 2 is 1.51 bits per heavy atom. The Hall–Kier alpha value is -4.01. The number of rotatable bonds is 15. The number of methoxy groups -OCH3 is 1. The summed E-state index contributed by atoms with van der Waals surface area (Å²) >= 11 is 1.58. The normalized spacial score (nSPS) is 10.8. The zero-order valence-electron chi connectivity index (χ0n) is 23.7. The third-order valence-electron chi connectivity index (χ3n) is 6.63. The molecule has 0 atom stereocenters. The highest BCUT2D eigenvalue weighted by Crippen LogP contribution is 2.24. The van der Waals surface area contributed by atoms with Crippen LogP contribution >= 0.6 is 11.3 Å². The van der Waals surface area contributed by atoms with Crippen molar-refractivity contribution >= 4 is 23.2 Å². The quantitative estimate of drug-likeness (QED) is 0.128. The molecule has 4 rings (SSSR count). The highest BCUT2D eigenvalue weighted by molar-refractivity contribution is 7.13. The number of carbonyl (C=O) groups is 2. The largest absolute Gasteiger partial charge is 0.482 e. The topological polar surface area (TPSA) is 89.5 Å². The lowest BCUT2D eigenvalue weighted by molar-refractivity contribution is -0.142. The maximum absolute atomic E-state index is 12.7. The minimum atomic E-state index is -0.412. The Morgan fingerprint density at radius 1 is 0.829 bits per heavy atom. The van der Waals surface area contributed by atoms with Crippen LogP contribution in [0.4, 0.5) is 0 Å². The van der Waals surface area contributed by atoms with Gasteiger partial charge in [0.05, 0.1) is 12.8 Å². The molecule has 0 spiro atoms. The number of carbonyl (C=O) groups excluding carboxylic acids is 2. The predicted molar refractivity (Wildman–Crippen MR) is 163 cm³/mol. The molecule has 0 fully saturated rings. The average Bonchev–Trinajstić information content (AvgIpc) is 3.49. The number of aromatic nitrogens is 1. The minimum Gasteiger partial charge on any atom is -0.482 e. The van der Waals surface area contributed by atoms with Crippen LogP contribution in [0.3, 0.4) is 0 Å². The molecule has 0 bridgehead atoms. The van der Waals surface area contributed by atoms with Gasteiger partial charge in [-0.15, -0.1) is 11.3 Å². The minimum absolute atomic E-state index is 0.0874. The number of aryl methyl sites for hydroxylation is 1. The van der Waals surface area contributed by atoms with Gasteiger partial charge in [0.25, 0.3) is 5.91 Å². The van der Waals surface area contributed by atoms with Crippen molar-refractivity contribution in [2.75, 3.05) is 13.7 Å². The number of amides is 1. The van der Waals surface area contributed by atoms with Crippen LogP contribution in [-0.4, -0.2) is 30.6 Å². The van der Waals surface area contributed by atoms with Gasteiger partial charge >= 0.3 is 5.97 Å². The molecule has 7 nitrogen and oxygen atoms in total. The van der Waals surface area contributed by atoms with E-state index in [-0.39, 0.29) is 12.5 Å². The average molecular weight is 572 g/mol. The molecule has 0 aliphatic rings. The zero-order chi connectivity index (χ0) is 28.9. The van der Waals surface area contributed by atoms with Crippen LogP contribution in [0.2, 0.25) is 0 Å². The Kier molecular flexibility index (Phi) is 11.5. The summed E-state index contributed by atoms with van der Waals surface area (Å²) in [4.78, 5) is 28.6. The summed E-state index contributed by atoms with van der Waals surface area (Å²) in [6.45, 7) is 3.93. The van der Waals surface area contributed by atoms with Crippen molar-refractivity contribution in [1.82, 2.24) is 15.6 Å². The van der Waals surface area contributed by atoms with Gasteiger partial charge in [-0.1, -0.05) is 68.3 Å². The fraction of sp³-hybridized carbons (Fsp3) is 0.303. The van der Waals surface area contributed by atoms with Gasteiger partial charge in [-0.2, -0.15) is 0 Å².